The van der Waals surface area contributed by atoms with Crippen molar-refractivity contribution in [3.8, 4) is 0 Å². The van der Waals surface area contributed by atoms with Gasteiger partial charge in [0.2, 0.25) is 5.91 Å². The fourth-order valence-electron chi connectivity index (χ4n) is 3.30. The van der Waals surface area contributed by atoms with E-state index in [0.717, 1.165) is 48.3 Å². The Kier molecular flexibility index (Phi) is 3.88. The van der Waals surface area contributed by atoms with Gasteiger partial charge in [-0.05, 0) is 38.5 Å². The zero-order valence-electron chi connectivity index (χ0n) is 12.7. The zero-order chi connectivity index (χ0) is 15.9. The summed E-state index contributed by atoms with van der Waals surface area (Å²) in [5.74, 6) is -1.57. The molecule has 7 heteroatoms. The quantitative estimate of drug-likeness (QED) is 0.596. The van der Waals surface area contributed by atoms with Gasteiger partial charge >= 0.3 is 17.8 Å². The molecule has 0 aromatic carbocycles. The molecule has 2 saturated carbocycles. The number of hydrogen-bond acceptors (Lipinski definition) is 4. The first kappa shape index (κ1) is 15.0. The van der Waals surface area contributed by atoms with Gasteiger partial charge in [-0.3, -0.25) is 19.3 Å². The molecule has 3 fully saturated rings. The first-order valence-corrected chi connectivity index (χ1v) is 7.97. The lowest BCUT2D eigenvalue weighted by molar-refractivity contribution is -0.144. The first-order valence-electron chi connectivity index (χ1n) is 7.97. The Hall–Kier alpha value is -1.92. The summed E-state index contributed by atoms with van der Waals surface area (Å²) in [6.45, 7) is 1.54. The lowest BCUT2D eigenvalue weighted by Crippen LogP contribution is -2.45. The van der Waals surface area contributed by atoms with Gasteiger partial charge in [-0.1, -0.05) is 12.8 Å². The number of amides is 5. The maximum atomic E-state index is 12.3. The number of nitrogens with one attached hydrogen (secondary N) is 1. The predicted octanol–water partition coefficient (Wildman–Crippen LogP) is 0.634. The van der Waals surface area contributed by atoms with E-state index in [2.05, 4.69) is 5.32 Å². The first-order chi connectivity index (χ1) is 10.5. The molecule has 0 aromatic rings. The molecule has 0 aromatic heterocycles. The van der Waals surface area contributed by atoms with Crippen LogP contribution >= 0.6 is 0 Å². The van der Waals surface area contributed by atoms with Crippen LogP contribution in [0.5, 0.6) is 0 Å². The van der Waals surface area contributed by atoms with Crippen LogP contribution in [0.15, 0.2) is 0 Å². The van der Waals surface area contributed by atoms with Gasteiger partial charge in [0.25, 0.3) is 0 Å². The number of carbonyl (C=O) groups is 4. The second kappa shape index (κ2) is 5.70. The van der Waals surface area contributed by atoms with Crippen molar-refractivity contribution >= 4 is 23.8 Å². The molecule has 0 unspecified atom stereocenters. The summed E-state index contributed by atoms with van der Waals surface area (Å²) in [4.78, 5) is 50.1. The summed E-state index contributed by atoms with van der Waals surface area (Å²) in [5.41, 5.74) is 0. The average Bonchev–Trinajstić information content (AvgIpc) is 3.16. The van der Waals surface area contributed by atoms with Crippen LogP contribution in [0.2, 0.25) is 0 Å². The summed E-state index contributed by atoms with van der Waals surface area (Å²) in [6.07, 6.45) is 5.57. The van der Waals surface area contributed by atoms with Crippen molar-refractivity contribution in [1.82, 2.24) is 15.1 Å². The summed E-state index contributed by atoms with van der Waals surface area (Å²) in [7, 11) is 0. The molecular formula is C15H21N3O4. The molecule has 2 aliphatic carbocycles. The molecule has 0 radical (unpaired) electrons. The fourth-order valence-corrected chi connectivity index (χ4v) is 3.30. The molecule has 3 aliphatic rings. The number of rotatable bonds is 5. The van der Waals surface area contributed by atoms with Gasteiger partial charge in [0.1, 0.15) is 6.54 Å². The van der Waals surface area contributed by atoms with Crippen molar-refractivity contribution in [3.05, 3.63) is 0 Å². The third-order valence-electron chi connectivity index (χ3n) is 4.79. The molecule has 3 rings (SSSR count). The van der Waals surface area contributed by atoms with Crippen molar-refractivity contribution in [3.63, 3.8) is 0 Å². The van der Waals surface area contributed by atoms with Crippen LogP contribution in [0.3, 0.4) is 0 Å². The van der Waals surface area contributed by atoms with Gasteiger partial charge < -0.3 is 5.32 Å². The van der Waals surface area contributed by atoms with E-state index in [1.807, 2.05) is 6.92 Å². The predicted molar refractivity (Wildman–Crippen MR) is 76.5 cm³/mol. The second-order valence-corrected chi connectivity index (χ2v) is 6.48. The molecule has 1 heterocycles. The van der Waals surface area contributed by atoms with E-state index in [0.29, 0.717) is 5.92 Å². The zero-order valence-corrected chi connectivity index (χ0v) is 12.7. The minimum Gasteiger partial charge on any atom is -0.352 e. The minimum atomic E-state index is -0.883. The van der Waals surface area contributed by atoms with Gasteiger partial charge in [0, 0.05) is 12.1 Å². The van der Waals surface area contributed by atoms with E-state index in [-0.39, 0.29) is 24.5 Å². The summed E-state index contributed by atoms with van der Waals surface area (Å²) in [5, 5.41) is 2.79. The summed E-state index contributed by atoms with van der Waals surface area (Å²) >= 11 is 0. The Labute approximate surface area is 129 Å². The topological polar surface area (TPSA) is 86.8 Å². The molecule has 1 atom stereocenters. The molecule has 0 spiro atoms. The lowest BCUT2D eigenvalue weighted by Gasteiger charge is -2.21. The molecule has 1 aliphatic heterocycles. The van der Waals surface area contributed by atoms with E-state index >= 15 is 0 Å². The van der Waals surface area contributed by atoms with Gasteiger partial charge in [-0.2, -0.15) is 0 Å². The molecule has 0 bridgehead atoms. The van der Waals surface area contributed by atoms with Crippen molar-refractivity contribution in [2.45, 2.75) is 57.5 Å². The molecule has 5 amide bonds. The molecular weight excluding hydrogens is 286 g/mol. The Morgan fingerprint density at radius 3 is 2.36 bits per heavy atom. The fraction of sp³-hybridized carbons (Fsp3) is 0.733. The number of urea groups is 1. The summed E-state index contributed by atoms with van der Waals surface area (Å²) in [6, 6.07) is -0.791. The molecule has 22 heavy (non-hydrogen) atoms. The Bertz CT molecular complexity index is 523. The van der Waals surface area contributed by atoms with Crippen LogP contribution in [0, 0.1) is 5.92 Å². The lowest BCUT2D eigenvalue weighted by atomic mass is 10.2. The number of hydrogen-bond donors (Lipinski definition) is 1. The third kappa shape index (κ3) is 2.71. The highest BCUT2D eigenvalue weighted by molar-refractivity contribution is 6.45. The Morgan fingerprint density at radius 1 is 1.14 bits per heavy atom. The smallest absolute Gasteiger partial charge is 0.334 e. The molecule has 7 nitrogen and oxygen atoms in total. The SMILES string of the molecule is C[C@@H](NC(=O)CN1C(=O)C(=O)N(C2CCCC2)C1=O)C1CC1. The van der Waals surface area contributed by atoms with Crippen LogP contribution in [0.4, 0.5) is 4.79 Å². The highest BCUT2D eigenvalue weighted by atomic mass is 16.2. The Balaban J connectivity index is 1.62. The van der Waals surface area contributed by atoms with Crippen molar-refractivity contribution in [2.75, 3.05) is 6.54 Å². The van der Waals surface area contributed by atoms with Crippen LogP contribution < -0.4 is 5.32 Å². The van der Waals surface area contributed by atoms with Gasteiger partial charge in [0.15, 0.2) is 0 Å². The highest BCUT2D eigenvalue weighted by Gasteiger charge is 2.48. The maximum absolute atomic E-state index is 12.3. The van der Waals surface area contributed by atoms with E-state index < -0.39 is 17.8 Å². The van der Waals surface area contributed by atoms with Crippen LogP contribution in [-0.4, -0.2) is 52.2 Å². The van der Waals surface area contributed by atoms with Crippen molar-refractivity contribution in [2.24, 2.45) is 5.92 Å². The van der Waals surface area contributed by atoms with Crippen molar-refractivity contribution in [1.29, 1.82) is 0 Å². The minimum absolute atomic E-state index is 0.0435. The largest absolute Gasteiger partial charge is 0.352 e. The Morgan fingerprint density at radius 2 is 1.77 bits per heavy atom. The van der Waals surface area contributed by atoms with Crippen LogP contribution in [0.1, 0.15) is 45.4 Å². The van der Waals surface area contributed by atoms with Gasteiger partial charge in [-0.15, -0.1) is 0 Å². The maximum Gasteiger partial charge on any atom is 0.334 e. The summed E-state index contributed by atoms with van der Waals surface area (Å²) < 4.78 is 0. The van der Waals surface area contributed by atoms with E-state index in [1.165, 1.54) is 0 Å². The van der Waals surface area contributed by atoms with Crippen molar-refractivity contribution < 1.29 is 19.2 Å². The third-order valence-corrected chi connectivity index (χ3v) is 4.79. The number of nitrogens with zero attached hydrogens (tertiary/aromatic N) is 2. The van der Waals surface area contributed by atoms with Crippen LogP contribution in [-0.2, 0) is 14.4 Å². The van der Waals surface area contributed by atoms with Gasteiger partial charge in [-0.25, -0.2) is 9.69 Å². The normalized spacial score (nSPS) is 24.3. The monoisotopic (exact) mass is 307 g/mol. The van der Waals surface area contributed by atoms with E-state index in [1.54, 1.807) is 0 Å². The number of imide groups is 2. The van der Waals surface area contributed by atoms with Gasteiger partial charge in [0.05, 0.1) is 0 Å². The molecule has 120 valence electrons. The van der Waals surface area contributed by atoms with E-state index in [9.17, 15) is 19.2 Å². The highest BCUT2D eigenvalue weighted by Crippen LogP contribution is 2.32. The molecule has 1 N–H and O–H groups in total. The van der Waals surface area contributed by atoms with Crippen LogP contribution in [0.25, 0.3) is 0 Å². The average molecular weight is 307 g/mol. The molecule has 1 saturated heterocycles. The standard InChI is InChI=1S/C15H21N3O4/c1-9(10-6-7-10)16-12(19)8-17-13(20)14(21)18(15(17)22)11-4-2-3-5-11/h9-11H,2-8H2,1H3,(H,16,19)/t9-/m1/s1. The second-order valence-electron chi connectivity index (χ2n) is 6.48. The van der Waals surface area contributed by atoms with E-state index in [4.69, 9.17) is 0 Å². The number of carbonyl (C=O) groups excluding carboxylic acids is 4.